The van der Waals surface area contributed by atoms with E-state index in [4.69, 9.17) is 4.98 Å². The topological polar surface area (TPSA) is 80.4 Å². The molecule has 138 valence electrons. The summed E-state index contributed by atoms with van der Waals surface area (Å²) in [5.74, 6) is 0.107. The summed E-state index contributed by atoms with van der Waals surface area (Å²) in [5, 5.41) is 0. The van der Waals surface area contributed by atoms with E-state index in [0.29, 0.717) is 25.3 Å². The molecule has 8 heteroatoms. The van der Waals surface area contributed by atoms with E-state index in [1.54, 1.807) is 20.5 Å². The van der Waals surface area contributed by atoms with E-state index in [2.05, 4.69) is 20.8 Å². The largest absolute Gasteiger partial charge is 0.330 e. The molecule has 3 rings (SSSR count). The van der Waals surface area contributed by atoms with Crippen molar-refractivity contribution in [3.63, 3.8) is 0 Å². The van der Waals surface area contributed by atoms with Crippen LogP contribution in [-0.2, 0) is 24.9 Å². The summed E-state index contributed by atoms with van der Waals surface area (Å²) >= 11 is -1.94. The average Bonchev–Trinajstić information content (AvgIpc) is 2.78. The molecule has 0 aromatic carbocycles. The Morgan fingerprint density at radius 3 is 2.72 bits per heavy atom. The van der Waals surface area contributed by atoms with Crippen LogP contribution in [-0.4, -0.2) is 40.3 Å². The molecular formula is C17H26N4O3S. The minimum atomic E-state index is -1.94. The molecule has 0 amide bonds. The smallest absolute Gasteiger partial charge is 0.294 e. The molecule has 0 saturated carbocycles. The normalized spacial score (nSPS) is 20.9. The fourth-order valence-electron chi connectivity index (χ4n) is 3.47. The molecule has 25 heavy (non-hydrogen) atoms. The van der Waals surface area contributed by atoms with E-state index in [1.165, 1.54) is 0 Å². The monoisotopic (exact) mass is 366 g/mol. The summed E-state index contributed by atoms with van der Waals surface area (Å²) in [6.45, 7) is 8.08. The van der Waals surface area contributed by atoms with Crippen molar-refractivity contribution in [2.75, 3.05) is 13.1 Å². The number of nitrogens with zero attached hydrogens (tertiary/aromatic N) is 4. The number of imidazole rings is 1. The zero-order chi connectivity index (χ0) is 18.4. The molecule has 3 heterocycles. The van der Waals surface area contributed by atoms with Crippen molar-refractivity contribution in [1.82, 2.24) is 18.4 Å². The van der Waals surface area contributed by atoms with E-state index in [-0.39, 0.29) is 17.0 Å². The molecule has 0 aliphatic carbocycles. The standard InChI is InChI=1S/C17H26N4O3S/c1-17(2,3)11-21-14-8-7-13(18-15(14)19(4)16(21)22)12-6-5-9-20(10-12)25(23)24/h7-8,12H,5-6,9-11H2,1-4H3,(H,23,24). The Bertz CT molecular complexity index is 865. The van der Waals surface area contributed by atoms with Crippen LogP contribution in [0.3, 0.4) is 0 Å². The lowest BCUT2D eigenvalue weighted by Gasteiger charge is -2.29. The van der Waals surface area contributed by atoms with Gasteiger partial charge in [0.25, 0.3) is 0 Å². The van der Waals surface area contributed by atoms with Gasteiger partial charge in [-0.05, 0) is 30.4 Å². The Kier molecular flexibility index (Phi) is 4.87. The zero-order valence-electron chi connectivity index (χ0n) is 15.2. The van der Waals surface area contributed by atoms with Gasteiger partial charge in [-0.1, -0.05) is 20.8 Å². The predicted octanol–water partition coefficient (Wildman–Crippen LogP) is 2.10. The average molecular weight is 366 g/mol. The first-order valence-electron chi connectivity index (χ1n) is 8.59. The van der Waals surface area contributed by atoms with Gasteiger partial charge in [0, 0.05) is 38.3 Å². The minimum absolute atomic E-state index is 0.00809. The van der Waals surface area contributed by atoms with Crippen LogP contribution in [0.15, 0.2) is 16.9 Å². The van der Waals surface area contributed by atoms with Gasteiger partial charge in [0.1, 0.15) is 0 Å². The number of hydrogen-bond donors (Lipinski definition) is 1. The fraction of sp³-hybridized carbons (Fsp3) is 0.647. The van der Waals surface area contributed by atoms with Crippen LogP contribution in [0.1, 0.15) is 45.2 Å². The van der Waals surface area contributed by atoms with E-state index in [9.17, 15) is 13.6 Å². The van der Waals surface area contributed by atoms with Gasteiger partial charge in [-0.15, -0.1) is 0 Å². The van der Waals surface area contributed by atoms with E-state index < -0.39 is 11.3 Å². The first-order valence-corrected chi connectivity index (χ1v) is 9.66. The molecular weight excluding hydrogens is 340 g/mol. The van der Waals surface area contributed by atoms with Crippen LogP contribution in [0.4, 0.5) is 0 Å². The van der Waals surface area contributed by atoms with Crippen LogP contribution < -0.4 is 5.69 Å². The molecule has 2 aromatic rings. The summed E-state index contributed by atoms with van der Waals surface area (Å²) in [6, 6.07) is 3.91. The third-order valence-electron chi connectivity index (χ3n) is 4.66. The second kappa shape index (κ2) is 6.66. The fourth-order valence-corrected chi connectivity index (χ4v) is 4.06. The Labute approximate surface area is 150 Å². The van der Waals surface area contributed by atoms with Crippen molar-refractivity contribution in [2.24, 2.45) is 12.5 Å². The van der Waals surface area contributed by atoms with Crippen molar-refractivity contribution < 1.29 is 8.76 Å². The molecule has 0 radical (unpaired) electrons. The molecule has 7 nitrogen and oxygen atoms in total. The first-order chi connectivity index (χ1) is 11.7. The maximum Gasteiger partial charge on any atom is 0.330 e. The Morgan fingerprint density at radius 1 is 1.36 bits per heavy atom. The SMILES string of the molecule is Cn1c(=O)n(CC(C)(C)C)c2ccc(C3CCCN(S(=O)O)C3)nc21. The third kappa shape index (κ3) is 3.70. The van der Waals surface area contributed by atoms with E-state index in [0.717, 1.165) is 24.1 Å². The number of rotatable bonds is 3. The highest BCUT2D eigenvalue weighted by Crippen LogP contribution is 2.28. The number of aromatic nitrogens is 3. The Balaban J connectivity index is 1.99. The predicted molar refractivity (Wildman–Crippen MR) is 98.7 cm³/mol. The molecule has 2 atom stereocenters. The van der Waals surface area contributed by atoms with Gasteiger partial charge in [-0.25, -0.2) is 18.3 Å². The Hall–Kier alpha value is -1.51. The minimum Gasteiger partial charge on any atom is -0.294 e. The third-order valence-corrected chi connectivity index (χ3v) is 5.43. The lowest BCUT2D eigenvalue weighted by molar-refractivity contribution is 0.307. The summed E-state index contributed by atoms with van der Waals surface area (Å²) < 4.78 is 25.6. The van der Waals surface area contributed by atoms with Crippen LogP contribution in [0.5, 0.6) is 0 Å². The quantitative estimate of drug-likeness (QED) is 0.844. The lowest BCUT2D eigenvalue weighted by atomic mass is 9.95. The lowest BCUT2D eigenvalue weighted by Crippen LogP contribution is -2.35. The van der Waals surface area contributed by atoms with Crippen molar-refractivity contribution in [2.45, 2.75) is 46.1 Å². The van der Waals surface area contributed by atoms with Gasteiger partial charge >= 0.3 is 5.69 Å². The highest BCUT2D eigenvalue weighted by Gasteiger charge is 2.26. The van der Waals surface area contributed by atoms with Crippen molar-refractivity contribution in [1.29, 1.82) is 0 Å². The highest BCUT2D eigenvalue weighted by atomic mass is 32.2. The number of aryl methyl sites for hydroxylation is 1. The van der Waals surface area contributed by atoms with Crippen molar-refractivity contribution in [3.05, 3.63) is 28.3 Å². The molecule has 1 saturated heterocycles. The van der Waals surface area contributed by atoms with Gasteiger partial charge < -0.3 is 0 Å². The van der Waals surface area contributed by atoms with Gasteiger partial charge in [-0.3, -0.25) is 13.7 Å². The molecule has 2 unspecified atom stereocenters. The molecule has 1 N–H and O–H groups in total. The van der Waals surface area contributed by atoms with Crippen LogP contribution in [0.2, 0.25) is 0 Å². The summed E-state index contributed by atoms with van der Waals surface area (Å²) in [4.78, 5) is 17.3. The second-order valence-electron chi connectivity index (χ2n) is 8.03. The second-order valence-corrected chi connectivity index (χ2v) is 9.00. The molecule has 1 fully saturated rings. The summed E-state index contributed by atoms with van der Waals surface area (Å²) in [5.41, 5.74) is 2.33. The van der Waals surface area contributed by atoms with Crippen molar-refractivity contribution >= 4 is 22.4 Å². The van der Waals surface area contributed by atoms with E-state index in [1.807, 2.05) is 12.1 Å². The molecule has 2 aromatic heterocycles. The van der Waals surface area contributed by atoms with Gasteiger partial charge in [0.2, 0.25) is 11.3 Å². The molecule has 1 aliphatic rings. The number of hydrogen-bond acceptors (Lipinski definition) is 3. The number of fused-ring (bicyclic) bond motifs is 1. The molecule has 0 bridgehead atoms. The van der Waals surface area contributed by atoms with Crippen molar-refractivity contribution in [3.8, 4) is 0 Å². The maximum absolute atomic E-state index is 12.6. The zero-order valence-corrected chi connectivity index (χ0v) is 16.0. The summed E-state index contributed by atoms with van der Waals surface area (Å²) in [6.07, 6.45) is 1.80. The van der Waals surface area contributed by atoms with Crippen LogP contribution in [0.25, 0.3) is 11.2 Å². The van der Waals surface area contributed by atoms with Gasteiger partial charge in [-0.2, -0.15) is 0 Å². The Morgan fingerprint density at radius 2 is 2.08 bits per heavy atom. The molecule has 0 spiro atoms. The van der Waals surface area contributed by atoms with E-state index >= 15 is 0 Å². The van der Waals surface area contributed by atoms with Crippen LogP contribution in [0, 0.1) is 5.41 Å². The van der Waals surface area contributed by atoms with Gasteiger partial charge in [0.15, 0.2) is 5.65 Å². The molecule has 1 aliphatic heterocycles. The first kappa shape index (κ1) is 18.3. The van der Waals surface area contributed by atoms with Crippen LogP contribution >= 0.6 is 0 Å². The highest BCUT2D eigenvalue weighted by molar-refractivity contribution is 7.76. The number of pyridine rings is 1. The maximum atomic E-state index is 12.6. The number of piperidine rings is 1. The summed E-state index contributed by atoms with van der Waals surface area (Å²) in [7, 11) is 1.75. The van der Waals surface area contributed by atoms with Gasteiger partial charge in [0.05, 0.1) is 5.52 Å².